The van der Waals surface area contributed by atoms with Crippen LogP contribution in [0.5, 0.6) is 5.75 Å². The molecule has 0 saturated carbocycles. The molecule has 1 aliphatic heterocycles. The Kier molecular flexibility index (Phi) is 5.37. The molecule has 2 aromatic carbocycles. The van der Waals surface area contributed by atoms with Crippen molar-refractivity contribution in [3.05, 3.63) is 70.0 Å². The van der Waals surface area contributed by atoms with E-state index in [0.29, 0.717) is 11.4 Å². The van der Waals surface area contributed by atoms with Crippen molar-refractivity contribution in [2.75, 3.05) is 0 Å². The summed E-state index contributed by atoms with van der Waals surface area (Å²) in [5.41, 5.74) is 3.57. The molecule has 1 fully saturated rings. The number of hydrogen-bond donors (Lipinski definition) is 0. The minimum absolute atomic E-state index is 0.0253. The van der Waals surface area contributed by atoms with Crippen molar-refractivity contribution in [2.45, 2.75) is 52.5 Å². The van der Waals surface area contributed by atoms with Crippen molar-refractivity contribution in [1.82, 2.24) is 15.0 Å². The number of hydrogen-bond acceptors (Lipinski definition) is 5. The second-order valence-electron chi connectivity index (χ2n) is 9.00. The maximum atomic E-state index is 13.5. The van der Waals surface area contributed by atoms with Gasteiger partial charge in [0.2, 0.25) is 0 Å². The van der Waals surface area contributed by atoms with Gasteiger partial charge >= 0.3 is 12.1 Å². The molecular weight excluding hydrogens is 447 g/mol. The minimum atomic E-state index is -4.53. The van der Waals surface area contributed by atoms with E-state index in [1.54, 1.807) is 0 Å². The Morgan fingerprint density at radius 1 is 1.24 bits per heavy atom. The van der Waals surface area contributed by atoms with E-state index >= 15 is 0 Å². The summed E-state index contributed by atoms with van der Waals surface area (Å²) in [7, 11) is 0. The zero-order valence-electron chi connectivity index (χ0n) is 19.0. The average molecular weight is 471 g/mol. The van der Waals surface area contributed by atoms with Gasteiger partial charge in [0.1, 0.15) is 24.2 Å². The van der Waals surface area contributed by atoms with E-state index in [9.17, 15) is 18.0 Å². The fourth-order valence-electron chi connectivity index (χ4n) is 5.18. The van der Waals surface area contributed by atoms with Crippen molar-refractivity contribution >= 4 is 5.97 Å². The summed E-state index contributed by atoms with van der Waals surface area (Å²) in [5, 5.41) is 7.68. The summed E-state index contributed by atoms with van der Waals surface area (Å²) >= 11 is 0. The van der Waals surface area contributed by atoms with Crippen LogP contribution in [0.1, 0.15) is 53.0 Å². The van der Waals surface area contributed by atoms with Crippen LogP contribution in [-0.4, -0.2) is 21.0 Å². The molecule has 1 saturated heterocycles. The summed E-state index contributed by atoms with van der Waals surface area (Å²) in [6.07, 6.45) is -1.66. The first-order valence-electron chi connectivity index (χ1n) is 11.2. The van der Waals surface area contributed by atoms with Crippen LogP contribution in [0.15, 0.2) is 36.5 Å². The monoisotopic (exact) mass is 471 g/mol. The van der Waals surface area contributed by atoms with Gasteiger partial charge in [0, 0.05) is 11.5 Å². The lowest BCUT2D eigenvalue weighted by molar-refractivity contribution is -0.144. The molecule has 0 bridgehead atoms. The lowest BCUT2D eigenvalue weighted by atomic mass is 9.74. The third-order valence-corrected chi connectivity index (χ3v) is 7.01. The number of esters is 1. The van der Waals surface area contributed by atoms with E-state index in [2.05, 4.69) is 10.3 Å². The Morgan fingerprint density at radius 2 is 2.00 bits per heavy atom. The van der Waals surface area contributed by atoms with Crippen molar-refractivity contribution in [3.8, 4) is 11.4 Å². The maximum Gasteiger partial charge on any atom is 0.418 e. The van der Waals surface area contributed by atoms with Crippen LogP contribution in [-0.2, 0) is 28.7 Å². The number of benzene rings is 2. The number of aryl methyl sites for hydroxylation is 1. The van der Waals surface area contributed by atoms with Gasteiger partial charge in [-0.05, 0) is 61.6 Å². The van der Waals surface area contributed by atoms with Gasteiger partial charge in [0.15, 0.2) is 0 Å². The quantitative estimate of drug-likeness (QED) is 0.485. The van der Waals surface area contributed by atoms with Crippen LogP contribution in [0.2, 0.25) is 0 Å². The van der Waals surface area contributed by atoms with E-state index in [1.165, 1.54) is 30.0 Å². The molecule has 178 valence electrons. The SMILES string of the molecule is Cc1cc(OCc2cnnn2-c2ccccc2C(F)(F)F)c(C)c2c1CC[C@H]1[C@H](C)C(=O)O[C@@H]21. The molecular formula is C25H24F3N3O3. The van der Waals surface area contributed by atoms with Crippen LogP contribution < -0.4 is 4.74 Å². The predicted octanol–water partition coefficient (Wildman–Crippen LogP) is 5.28. The fraction of sp³-hybridized carbons (Fsp3) is 0.400. The molecule has 5 rings (SSSR count). The number of halogens is 3. The topological polar surface area (TPSA) is 66.2 Å². The van der Waals surface area contributed by atoms with Gasteiger partial charge in [-0.2, -0.15) is 13.2 Å². The number of aromatic nitrogens is 3. The van der Waals surface area contributed by atoms with Crippen molar-refractivity contribution in [1.29, 1.82) is 0 Å². The summed E-state index contributed by atoms with van der Waals surface area (Å²) in [6, 6.07) is 7.16. The number of fused-ring (bicyclic) bond motifs is 3. The smallest absolute Gasteiger partial charge is 0.418 e. The third-order valence-electron chi connectivity index (χ3n) is 7.01. The van der Waals surface area contributed by atoms with E-state index < -0.39 is 11.7 Å². The molecule has 6 nitrogen and oxygen atoms in total. The van der Waals surface area contributed by atoms with Gasteiger partial charge < -0.3 is 9.47 Å². The molecule has 3 atom stereocenters. The number of rotatable bonds is 4. The Balaban J connectivity index is 1.46. The van der Waals surface area contributed by atoms with Crippen LogP contribution in [0.25, 0.3) is 5.69 Å². The lowest BCUT2D eigenvalue weighted by Crippen LogP contribution is -2.22. The predicted molar refractivity (Wildman–Crippen MR) is 116 cm³/mol. The van der Waals surface area contributed by atoms with Gasteiger partial charge in [0.05, 0.1) is 23.4 Å². The molecule has 2 aliphatic rings. The van der Waals surface area contributed by atoms with Gasteiger partial charge in [-0.3, -0.25) is 4.79 Å². The van der Waals surface area contributed by atoms with Crippen molar-refractivity contribution < 1.29 is 27.4 Å². The molecule has 0 spiro atoms. The molecule has 9 heteroatoms. The molecule has 3 aromatic rings. The molecule has 0 amide bonds. The molecule has 34 heavy (non-hydrogen) atoms. The van der Waals surface area contributed by atoms with Gasteiger partial charge in [-0.25, -0.2) is 4.68 Å². The minimum Gasteiger partial charge on any atom is -0.487 e. The molecule has 0 N–H and O–H groups in total. The van der Waals surface area contributed by atoms with E-state index in [1.807, 2.05) is 26.8 Å². The van der Waals surface area contributed by atoms with E-state index in [4.69, 9.17) is 9.47 Å². The van der Waals surface area contributed by atoms with Crippen LogP contribution in [0, 0.1) is 25.7 Å². The highest BCUT2D eigenvalue weighted by Crippen LogP contribution is 2.49. The van der Waals surface area contributed by atoms with Crippen LogP contribution >= 0.6 is 0 Å². The van der Waals surface area contributed by atoms with Crippen molar-refractivity contribution in [3.63, 3.8) is 0 Å². The zero-order valence-corrected chi connectivity index (χ0v) is 19.0. The highest BCUT2D eigenvalue weighted by atomic mass is 19.4. The number of carbonyl (C=O) groups excluding carboxylic acids is 1. The summed E-state index contributed by atoms with van der Waals surface area (Å²) < 4.78 is 53.5. The molecule has 1 aliphatic carbocycles. The maximum absolute atomic E-state index is 13.5. The second kappa shape index (κ2) is 8.14. The Labute approximate surface area is 194 Å². The average Bonchev–Trinajstić information content (AvgIpc) is 3.38. The zero-order chi connectivity index (χ0) is 24.2. The number of ether oxygens (including phenoxy) is 2. The van der Waals surface area contributed by atoms with Crippen LogP contribution in [0.3, 0.4) is 0 Å². The Hall–Kier alpha value is -3.36. The number of nitrogens with zero attached hydrogens (tertiary/aromatic N) is 3. The third kappa shape index (κ3) is 3.63. The fourth-order valence-corrected chi connectivity index (χ4v) is 5.18. The summed E-state index contributed by atoms with van der Waals surface area (Å²) in [6.45, 7) is 5.81. The highest BCUT2D eigenvalue weighted by Gasteiger charge is 2.46. The Morgan fingerprint density at radius 3 is 2.76 bits per heavy atom. The number of alkyl halides is 3. The molecule has 0 radical (unpaired) electrons. The summed E-state index contributed by atoms with van der Waals surface area (Å²) in [4.78, 5) is 12.2. The van der Waals surface area contributed by atoms with Gasteiger partial charge in [0.25, 0.3) is 0 Å². The standard InChI is InChI=1S/C25H24F3N3O3/c1-13-10-21(15(3)22-17(13)8-9-18-14(2)24(32)34-23(18)22)33-12-16-11-29-30-31(16)20-7-5-4-6-19(20)25(26,27)28/h4-7,10-11,14,18,23H,8-9,12H2,1-3H3/t14-,18-,23+/m0/s1. The van der Waals surface area contributed by atoms with Gasteiger partial charge in [-0.1, -0.05) is 24.3 Å². The first-order valence-corrected chi connectivity index (χ1v) is 11.2. The second-order valence-corrected chi connectivity index (χ2v) is 9.00. The highest BCUT2D eigenvalue weighted by molar-refractivity contribution is 5.76. The summed E-state index contributed by atoms with van der Waals surface area (Å²) in [5.74, 6) is 0.420. The number of carbonyl (C=O) groups is 1. The Bertz CT molecular complexity index is 1270. The van der Waals surface area contributed by atoms with Gasteiger partial charge in [-0.15, -0.1) is 5.10 Å². The largest absolute Gasteiger partial charge is 0.487 e. The molecule has 0 unspecified atom stereocenters. The first-order chi connectivity index (χ1) is 16.2. The normalized spacial score (nSPS) is 21.7. The number of para-hydroxylation sites is 1. The van der Waals surface area contributed by atoms with Crippen molar-refractivity contribution in [2.24, 2.45) is 11.8 Å². The van der Waals surface area contributed by atoms with E-state index in [0.717, 1.165) is 40.3 Å². The molecule has 1 aromatic heterocycles. The molecule has 2 heterocycles. The lowest BCUT2D eigenvalue weighted by Gasteiger charge is -2.31. The first kappa shape index (κ1) is 22.4. The van der Waals surface area contributed by atoms with Crippen LogP contribution in [0.4, 0.5) is 13.2 Å². The van der Waals surface area contributed by atoms with E-state index in [-0.39, 0.29) is 36.2 Å².